The first-order chi connectivity index (χ1) is 8.58. The molecular formula is C13H20BrClN2O. The summed E-state index contributed by atoms with van der Waals surface area (Å²) in [6, 6.07) is 6.27. The van der Waals surface area contributed by atoms with Crippen LogP contribution in [-0.4, -0.2) is 24.3 Å². The number of benzene rings is 1. The number of nitrogens with two attached hydrogens (primary N) is 1. The van der Waals surface area contributed by atoms with Gasteiger partial charge >= 0.3 is 0 Å². The fourth-order valence-corrected chi connectivity index (χ4v) is 2.29. The first kappa shape index (κ1) is 15.9. The van der Waals surface area contributed by atoms with Crippen LogP contribution in [0.3, 0.4) is 0 Å². The first-order valence-corrected chi connectivity index (χ1v) is 7.27. The Balaban J connectivity index is 2.67. The molecule has 0 amide bonds. The first-order valence-electron chi connectivity index (χ1n) is 6.10. The predicted octanol–water partition coefficient (Wildman–Crippen LogP) is 2.85. The summed E-state index contributed by atoms with van der Waals surface area (Å²) in [6.07, 6.45) is 1.73. The van der Waals surface area contributed by atoms with E-state index in [1.165, 1.54) is 0 Å². The van der Waals surface area contributed by atoms with E-state index >= 15 is 0 Å². The molecule has 1 rings (SSSR count). The number of aliphatic hydroxyl groups is 1. The van der Waals surface area contributed by atoms with Gasteiger partial charge in [-0.15, -0.1) is 0 Å². The fourth-order valence-electron chi connectivity index (χ4n) is 1.85. The summed E-state index contributed by atoms with van der Waals surface area (Å²) >= 11 is 9.46. The Hall–Kier alpha value is -0.130. The zero-order valence-corrected chi connectivity index (χ0v) is 12.8. The van der Waals surface area contributed by atoms with Crippen molar-refractivity contribution < 1.29 is 5.11 Å². The molecular weight excluding hydrogens is 316 g/mol. The molecule has 0 aliphatic carbocycles. The third kappa shape index (κ3) is 4.86. The van der Waals surface area contributed by atoms with Crippen LogP contribution in [0.25, 0.3) is 0 Å². The quantitative estimate of drug-likeness (QED) is 0.718. The molecule has 1 aromatic rings. The number of hydrogen-bond acceptors (Lipinski definition) is 3. The van der Waals surface area contributed by atoms with Gasteiger partial charge in [-0.05, 0) is 53.4 Å². The highest BCUT2D eigenvalue weighted by Crippen LogP contribution is 2.26. The van der Waals surface area contributed by atoms with Gasteiger partial charge in [0.1, 0.15) is 0 Å². The normalized spacial score (nSPS) is 14.5. The smallest absolute Gasteiger partial charge is 0.0551 e. The van der Waals surface area contributed by atoms with Gasteiger partial charge in [-0.2, -0.15) is 0 Å². The van der Waals surface area contributed by atoms with Crippen molar-refractivity contribution in [3.05, 3.63) is 33.3 Å². The van der Waals surface area contributed by atoms with Gasteiger partial charge in [0.05, 0.1) is 5.02 Å². The Morgan fingerprint density at radius 2 is 2.22 bits per heavy atom. The molecule has 0 saturated carbocycles. The van der Waals surface area contributed by atoms with Crippen LogP contribution in [0, 0.1) is 0 Å². The second-order valence-corrected chi connectivity index (χ2v) is 5.66. The molecule has 5 heteroatoms. The maximum Gasteiger partial charge on any atom is 0.0551 e. The van der Waals surface area contributed by atoms with E-state index in [1.54, 1.807) is 0 Å². The monoisotopic (exact) mass is 334 g/mol. The lowest BCUT2D eigenvalue weighted by Gasteiger charge is -2.22. The van der Waals surface area contributed by atoms with Crippen LogP contribution in [0.5, 0.6) is 0 Å². The molecule has 0 fully saturated rings. The average molecular weight is 336 g/mol. The highest BCUT2D eigenvalue weighted by molar-refractivity contribution is 9.10. The van der Waals surface area contributed by atoms with Crippen LogP contribution in [0.15, 0.2) is 22.7 Å². The molecule has 3 nitrogen and oxygen atoms in total. The van der Waals surface area contributed by atoms with E-state index in [-0.39, 0.29) is 12.6 Å². The summed E-state index contributed by atoms with van der Waals surface area (Å²) in [7, 11) is 0. The number of rotatable bonds is 7. The molecule has 0 aliphatic rings. The van der Waals surface area contributed by atoms with Crippen LogP contribution in [-0.2, 0) is 0 Å². The van der Waals surface area contributed by atoms with Crippen molar-refractivity contribution in [2.75, 3.05) is 13.2 Å². The molecule has 0 aromatic heterocycles. The Labute approximate surface area is 122 Å². The van der Waals surface area contributed by atoms with Crippen LogP contribution in [0.2, 0.25) is 5.02 Å². The van der Waals surface area contributed by atoms with Gasteiger partial charge in [0.15, 0.2) is 0 Å². The fraction of sp³-hybridized carbons (Fsp3) is 0.538. The molecule has 0 bridgehead atoms. The lowest BCUT2D eigenvalue weighted by molar-refractivity contribution is 0.274. The number of nitrogens with one attached hydrogen (secondary N) is 1. The molecule has 0 radical (unpaired) electrons. The SMILES string of the molecule is CC(CCCO)NC(CN)c1ccc(Br)c(Cl)c1. The molecule has 18 heavy (non-hydrogen) atoms. The van der Waals surface area contributed by atoms with E-state index in [0.29, 0.717) is 17.6 Å². The lowest BCUT2D eigenvalue weighted by atomic mass is 10.0. The van der Waals surface area contributed by atoms with Crippen molar-refractivity contribution in [2.45, 2.75) is 31.8 Å². The Kier molecular flexibility index (Phi) is 7.19. The molecule has 2 atom stereocenters. The predicted molar refractivity (Wildman–Crippen MR) is 79.9 cm³/mol. The van der Waals surface area contributed by atoms with Crippen LogP contribution >= 0.6 is 27.5 Å². The van der Waals surface area contributed by atoms with Crippen molar-refractivity contribution in [1.82, 2.24) is 5.32 Å². The van der Waals surface area contributed by atoms with E-state index in [0.717, 1.165) is 22.9 Å². The molecule has 102 valence electrons. The van der Waals surface area contributed by atoms with E-state index in [1.807, 2.05) is 18.2 Å². The number of hydrogen-bond donors (Lipinski definition) is 3. The van der Waals surface area contributed by atoms with Gasteiger partial charge in [-0.1, -0.05) is 17.7 Å². The molecule has 0 saturated heterocycles. The van der Waals surface area contributed by atoms with Crippen molar-refractivity contribution >= 4 is 27.5 Å². The van der Waals surface area contributed by atoms with Gasteiger partial charge in [0, 0.05) is 29.7 Å². The van der Waals surface area contributed by atoms with Crippen LogP contribution < -0.4 is 11.1 Å². The summed E-state index contributed by atoms with van der Waals surface area (Å²) < 4.78 is 0.886. The van der Waals surface area contributed by atoms with Crippen LogP contribution in [0.4, 0.5) is 0 Å². The third-order valence-corrected chi connectivity index (χ3v) is 4.10. The zero-order chi connectivity index (χ0) is 13.5. The van der Waals surface area contributed by atoms with E-state index in [9.17, 15) is 0 Å². The summed E-state index contributed by atoms with van der Waals surface area (Å²) in [5.41, 5.74) is 6.89. The van der Waals surface area contributed by atoms with Crippen molar-refractivity contribution in [2.24, 2.45) is 5.73 Å². The maximum atomic E-state index is 8.82. The highest BCUT2D eigenvalue weighted by Gasteiger charge is 2.13. The summed E-state index contributed by atoms with van der Waals surface area (Å²) in [5, 5.41) is 13.0. The summed E-state index contributed by atoms with van der Waals surface area (Å²) in [4.78, 5) is 0. The largest absolute Gasteiger partial charge is 0.396 e. The molecule has 0 heterocycles. The minimum Gasteiger partial charge on any atom is -0.396 e. The molecule has 1 aromatic carbocycles. The van der Waals surface area contributed by atoms with Crippen molar-refractivity contribution in [1.29, 1.82) is 0 Å². The second kappa shape index (κ2) is 8.12. The van der Waals surface area contributed by atoms with Gasteiger partial charge in [-0.3, -0.25) is 0 Å². The Morgan fingerprint density at radius 1 is 1.50 bits per heavy atom. The Morgan fingerprint density at radius 3 is 2.78 bits per heavy atom. The van der Waals surface area contributed by atoms with Crippen molar-refractivity contribution in [3.63, 3.8) is 0 Å². The number of aliphatic hydroxyl groups excluding tert-OH is 1. The molecule has 2 unspecified atom stereocenters. The summed E-state index contributed by atoms with van der Waals surface area (Å²) in [6.45, 7) is 2.84. The van der Waals surface area contributed by atoms with Gasteiger partial charge < -0.3 is 16.2 Å². The minimum atomic E-state index is 0.0873. The zero-order valence-electron chi connectivity index (χ0n) is 10.5. The molecule has 0 spiro atoms. The standard InChI is InChI=1S/C13H20BrClN2O/c1-9(3-2-6-18)17-13(8-16)10-4-5-11(14)12(15)7-10/h4-5,7,9,13,17-18H,2-3,6,8,16H2,1H3. The van der Waals surface area contributed by atoms with Gasteiger partial charge in [0.2, 0.25) is 0 Å². The van der Waals surface area contributed by atoms with E-state index < -0.39 is 0 Å². The lowest BCUT2D eigenvalue weighted by Crippen LogP contribution is -2.35. The summed E-state index contributed by atoms with van der Waals surface area (Å²) in [5.74, 6) is 0. The van der Waals surface area contributed by atoms with E-state index in [4.69, 9.17) is 22.4 Å². The minimum absolute atomic E-state index is 0.0873. The topological polar surface area (TPSA) is 58.3 Å². The van der Waals surface area contributed by atoms with E-state index in [2.05, 4.69) is 28.2 Å². The van der Waals surface area contributed by atoms with Crippen molar-refractivity contribution in [3.8, 4) is 0 Å². The van der Waals surface area contributed by atoms with Crippen LogP contribution in [0.1, 0.15) is 31.4 Å². The second-order valence-electron chi connectivity index (χ2n) is 4.40. The number of halogens is 2. The Bertz CT molecular complexity index is 376. The van der Waals surface area contributed by atoms with Gasteiger partial charge in [0.25, 0.3) is 0 Å². The third-order valence-electron chi connectivity index (χ3n) is 2.86. The highest BCUT2D eigenvalue weighted by atomic mass is 79.9. The average Bonchev–Trinajstić information content (AvgIpc) is 2.37. The maximum absolute atomic E-state index is 8.82. The molecule has 4 N–H and O–H groups in total. The molecule has 0 aliphatic heterocycles. The van der Waals surface area contributed by atoms with Gasteiger partial charge in [-0.25, -0.2) is 0 Å².